The maximum absolute atomic E-state index is 3.87. The van der Waals surface area contributed by atoms with Gasteiger partial charge in [-0.15, -0.1) is 0 Å². The highest BCUT2D eigenvalue weighted by Crippen LogP contribution is 2.38. The zero-order chi connectivity index (χ0) is 13.2. The van der Waals surface area contributed by atoms with Crippen LogP contribution in [-0.4, -0.2) is 12.6 Å². The van der Waals surface area contributed by atoms with Gasteiger partial charge < -0.3 is 5.32 Å². The Morgan fingerprint density at radius 3 is 2.11 bits per heavy atom. The highest BCUT2D eigenvalue weighted by atomic mass is 14.9. The van der Waals surface area contributed by atoms with Crippen LogP contribution in [0.4, 0.5) is 0 Å². The summed E-state index contributed by atoms with van der Waals surface area (Å²) in [6, 6.07) is 0.816. The molecule has 2 aliphatic rings. The fourth-order valence-corrected chi connectivity index (χ4v) is 4.01. The van der Waals surface area contributed by atoms with E-state index in [-0.39, 0.29) is 0 Å². The topological polar surface area (TPSA) is 12.0 Å². The van der Waals surface area contributed by atoms with Gasteiger partial charge in [-0.05, 0) is 61.8 Å². The third-order valence-electron chi connectivity index (χ3n) is 5.66. The zero-order valence-electron chi connectivity index (χ0n) is 13.0. The molecule has 0 bridgehead atoms. The zero-order valence-corrected chi connectivity index (χ0v) is 13.0. The van der Waals surface area contributed by atoms with Crippen LogP contribution >= 0.6 is 0 Å². The summed E-state index contributed by atoms with van der Waals surface area (Å²) in [7, 11) is 0. The SMILES string of the molecule is CC1CCCC1CNC1CCC(C(C)(C)C)CC1. The molecule has 0 radical (unpaired) electrons. The lowest BCUT2D eigenvalue weighted by atomic mass is 9.71. The Balaban J connectivity index is 1.67. The molecule has 2 fully saturated rings. The average molecular weight is 251 g/mol. The number of nitrogens with one attached hydrogen (secondary N) is 1. The highest BCUT2D eigenvalue weighted by molar-refractivity contribution is 4.84. The molecule has 2 atom stereocenters. The molecule has 0 heterocycles. The van der Waals surface area contributed by atoms with Crippen molar-refractivity contribution in [3.63, 3.8) is 0 Å². The van der Waals surface area contributed by atoms with Crippen LogP contribution < -0.4 is 5.32 Å². The smallest absolute Gasteiger partial charge is 0.00673 e. The third kappa shape index (κ3) is 3.73. The van der Waals surface area contributed by atoms with E-state index in [0.29, 0.717) is 5.41 Å². The summed E-state index contributed by atoms with van der Waals surface area (Å²) in [5.41, 5.74) is 0.519. The summed E-state index contributed by atoms with van der Waals surface area (Å²) < 4.78 is 0. The van der Waals surface area contributed by atoms with Crippen molar-refractivity contribution in [2.75, 3.05) is 6.54 Å². The Morgan fingerprint density at radius 1 is 0.944 bits per heavy atom. The summed E-state index contributed by atoms with van der Waals surface area (Å²) in [4.78, 5) is 0. The Kier molecular flexibility index (Phi) is 4.75. The number of rotatable bonds is 3. The van der Waals surface area contributed by atoms with Crippen molar-refractivity contribution in [1.29, 1.82) is 0 Å². The molecule has 1 heteroatoms. The summed E-state index contributed by atoms with van der Waals surface area (Å²) >= 11 is 0. The van der Waals surface area contributed by atoms with Gasteiger partial charge in [-0.3, -0.25) is 0 Å². The summed E-state index contributed by atoms with van der Waals surface area (Å²) in [5.74, 6) is 2.87. The quantitative estimate of drug-likeness (QED) is 0.772. The van der Waals surface area contributed by atoms with E-state index in [1.54, 1.807) is 0 Å². The lowest BCUT2D eigenvalue weighted by Crippen LogP contribution is -2.38. The highest BCUT2D eigenvalue weighted by Gasteiger charge is 2.30. The van der Waals surface area contributed by atoms with Gasteiger partial charge in [0.2, 0.25) is 0 Å². The predicted molar refractivity (Wildman–Crippen MR) is 79.7 cm³/mol. The van der Waals surface area contributed by atoms with Gasteiger partial charge in [0.1, 0.15) is 0 Å². The van der Waals surface area contributed by atoms with E-state index in [4.69, 9.17) is 0 Å². The van der Waals surface area contributed by atoms with Crippen LogP contribution in [-0.2, 0) is 0 Å². The van der Waals surface area contributed by atoms with Crippen LogP contribution in [0.2, 0.25) is 0 Å². The van der Waals surface area contributed by atoms with Gasteiger partial charge in [0.25, 0.3) is 0 Å². The minimum Gasteiger partial charge on any atom is -0.314 e. The number of hydrogen-bond acceptors (Lipinski definition) is 1. The van der Waals surface area contributed by atoms with E-state index in [2.05, 4.69) is 33.0 Å². The summed E-state index contributed by atoms with van der Waals surface area (Å²) in [6.45, 7) is 10.9. The van der Waals surface area contributed by atoms with Gasteiger partial charge in [-0.2, -0.15) is 0 Å². The first-order chi connectivity index (χ1) is 8.47. The van der Waals surface area contributed by atoms with Crippen molar-refractivity contribution < 1.29 is 0 Å². The molecular formula is C17H33N. The van der Waals surface area contributed by atoms with Gasteiger partial charge in [0.15, 0.2) is 0 Å². The standard InChI is InChI=1S/C17H33N/c1-13-6-5-7-14(13)12-18-16-10-8-15(9-11-16)17(2,3)4/h13-16,18H,5-12H2,1-4H3. The molecule has 2 rings (SSSR count). The first kappa shape index (κ1) is 14.4. The molecule has 0 amide bonds. The van der Waals surface area contributed by atoms with E-state index in [0.717, 1.165) is 23.8 Å². The van der Waals surface area contributed by atoms with E-state index < -0.39 is 0 Å². The van der Waals surface area contributed by atoms with Crippen molar-refractivity contribution >= 4 is 0 Å². The van der Waals surface area contributed by atoms with Crippen LogP contribution in [0.5, 0.6) is 0 Å². The second kappa shape index (κ2) is 5.94. The van der Waals surface area contributed by atoms with Crippen molar-refractivity contribution in [2.45, 2.75) is 78.7 Å². The van der Waals surface area contributed by atoms with Crippen LogP contribution in [0.15, 0.2) is 0 Å². The van der Waals surface area contributed by atoms with Gasteiger partial charge >= 0.3 is 0 Å². The molecule has 0 aromatic carbocycles. The van der Waals surface area contributed by atoms with Gasteiger partial charge in [-0.1, -0.05) is 40.5 Å². The molecular weight excluding hydrogens is 218 g/mol. The maximum Gasteiger partial charge on any atom is 0.00673 e. The lowest BCUT2D eigenvalue weighted by molar-refractivity contribution is 0.157. The molecule has 1 nitrogen and oxygen atoms in total. The van der Waals surface area contributed by atoms with Gasteiger partial charge in [0, 0.05) is 6.04 Å². The summed E-state index contributed by atoms with van der Waals surface area (Å²) in [6.07, 6.45) is 10.1. The molecule has 2 unspecified atom stereocenters. The maximum atomic E-state index is 3.87. The van der Waals surface area contributed by atoms with Crippen LogP contribution in [0.3, 0.4) is 0 Å². The van der Waals surface area contributed by atoms with Gasteiger partial charge in [0.05, 0.1) is 0 Å². The van der Waals surface area contributed by atoms with E-state index in [1.165, 1.54) is 51.5 Å². The fourth-order valence-electron chi connectivity index (χ4n) is 4.01. The summed E-state index contributed by atoms with van der Waals surface area (Å²) in [5, 5.41) is 3.87. The van der Waals surface area contributed by atoms with E-state index in [1.807, 2.05) is 0 Å². The minimum absolute atomic E-state index is 0.519. The molecule has 0 aliphatic heterocycles. The van der Waals surface area contributed by atoms with Crippen LogP contribution in [0.25, 0.3) is 0 Å². The van der Waals surface area contributed by atoms with Gasteiger partial charge in [-0.25, -0.2) is 0 Å². The van der Waals surface area contributed by atoms with Crippen molar-refractivity contribution in [2.24, 2.45) is 23.2 Å². The molecule has 0 spiro atoms. The van der Waals surface area contributed by atoms with E-state index in [9.17, 15) is 0 Å². The molecule has 2 aliphatic carbocycles. The largest absolute Gasteiger partial charge is 0.314 e. The normalized spacial score (nSPS) is 38.0. The van der Waals surface area contributed by atoms with Crippen LogP contribution in [0, 0.1) is 23.2 Å². The second-order valence-corrected chi connectivity index (χ2v) is 7.99. The van der Waals surface area contributed by atoms with Crippen molar-refractivity contribution in [3.8, 4) is 0 Å². The second-order valence-electron chi connectivity index (χ2n) is 7.99. The lowest BCUT2D eigenvalue weighted by Gasteiger charge is -2.37. The molecule has 0 aromatic heterocycles. The Morgan fingerprint density at radius 2 is 1.61 bits per heavy atom. The Hall–Kier alpha value is -0.0400. The molecule has 106 valence electrons. The first-order valence-electron chi connectivity index (χ1n) is 8.20. The molecule has 2 saturated carbocycles. The predicted octanol–water partition coefficient (Wildman–Crippen LogP) is 4.62. The first-order valence-corrected chi connectivity index (χ1v) is 8.20. The Labute approximate surface area is 114 Å². The van der Waals surface area contributed by atoms with Crippen LogP contribution in [0.1, 0.15) is 72.6 Å². The molecule has 0 aromatic rings. The molecule has 1 N–H and O–H groups in total. The monoisotopic (exact) mass is 251 g/mol. The number of hydrogen-bond donors (Lipinski definition) is 1. The average Bonchev–Trinajstić information content (AvgIpc) is 2.72. The van der Waals surface area contributed by atoms with Crippen molar-refractivity contribution in [1.82, 2.24) is 5.32 Å². The molecule has 18 heavy (non-hydrogen) atoms. The Bertz CT molecular complexity index is 245. The molecule has 0 saturated heterocycles. The minimum atomic E-state index is 0.519. The van der Waals surface area contributed by atoms with E-state index >= 15 is 0 Å². The fraction of sp³-hybridized carbons (Fsp3) is 1.00. The van der Waals surface area contributed by atoms with Crippen molar-refractivity contribution in [3.05, 3.63) is 0 Å². The third-order valence-corrected chi connectivity index (χ3v) is 5.66.